The molecule has 114 heavy (non-hydrogen) atoms. The van der Waals surface area contributed by atoms with Gasteiger partial charge in [-0.25, -0.2) is 9.97 Å². The molecule has 0 bridgehead atoms. The van der Waals surface area contributed by atoms with Crippen LogP contribution in [0.5, 0.6) is 0 Å². The normalized spacial score (nSPS) is 11.7. The maximum Gasteiger partial charge on any atom is 0.160 e. The highest BCUT2D eigenvalue weighted by molar-refractivity contribution is 6.14. The Bertz CT molecular complexity index is 6800. The summed E-state index contributed by atoms with van der Waals surface area (Å²) in [5.74, 6) is 0.606. The Hall–Kier alpha value is -15.4. The maximum absolute atomic E-state index is 5.69. The number of para-hydroxylation sites is 6. The van der Waals surface area contributed by atoms with Crippen LogP contribution >= 0.6 is 0 Å². The second-order valence-electron chi connectivity index (χ2n) is 29.4. The standard InChI is InChI=1S/C106H70N8/c1-4-34-80(35-5-1)109(86-52-49-71-25-10-13-28-74(71)61-86)89-55-58-103-95(67-89)92-43-16-19-46-100(92)112(103)83-40-22-31-77(64-83)98-70-99(78-32-23-41-84(65-78)113-101-47-20-17-44-93(101)96-68-90(56-59-104(96)113)110(81-36-6-2-7-37-81)87-53-50-72-26-11-14-29-75(72)62-87)108-106(107-98)79-33-24-42-85(66-79)114-102-48-21-18-45-94(102)97-69-91(57-60-105(97)114)111(82-38-8-3-9-39-82)88-54-51-73-27-12-15-30-76(73)63-88/h1-70H. The summed E-state index contributed by atoms with van der Waals surface area (Å²) in [5, 5.41) is 14.1. The van der Waals surface area contributed by atoms with Crippen molar-refractivity contribution in [3.63, 3.8) is 0 Å². The third-order valence-corrected chi connectivity index (χ3v) is 22.6. The molecule has 0 aliphatic heterocycles. The SMILES string of the molecule is c1ccc(N(c2ccc3ccccc3c2)c2ccc3c(c2)c2ccccc2n3-c2cccc(-c3cc(-c4cccc(-n5c6ccccc6c6cc(N(c7ccccc7)c7ccc8ccccc8c7)ccc65)c4)nc(-c4cccc(-n5c6ccccc6c6cc(N(c7ccccc7)c7ccc8ccccc8c7)ccc65)c4)n3)c2)cc1. The van der Waals surface area contributed by atoms with Crippen molar-refractivity contribution >= 4 is 149 Å². The van der Waals surface area contributed by atoms with Crippen molar-refractivity contribution in [3.8, 4) is 51.0 Å². The molecule has 0 aliphatic carbocycles. The van der Waals surface area contributed by atoms with E-state index in [0.717, 1.165) is 162 Å². The lowest BCUT2D eigenvalue weighted by Crippen LogP contribution is -2.09. The predicted octanol–water partition coefficient (Wildman–Crippen LogP) is 28.6. The second-order valence-corrected chi connectivity index (χ2v) is 29.4. The number of aromatic nitrogens is 5. The average molecular weight is 1460 g/mol. The van der Waals surface area contributed by atoms with Gasteiger partial charge in [0.2, 0.25) is 0 Å². The molecule has 0 radical (unpaired) electrons. The van der Waals surface area contributed by atoms with Crippen molar-refractivity contribution in [2.24, 2.45) is 0 Å². The largest absolute Gasteiger partial charge is 0.310 e. The number of hydrogen-bond acceptors (Lipinski definition) is 5. The van der Waals surface area contributed by atoms with Gasteiger partial charge in [-0.05, 0) is 220 Å². The van der Waals surface area contributed by atoms with Crippen LogP contribution in [0.25, 0.3) is 149 Å². The quantitative estimate of drug-likeness (QED) is 0.102. The molecule has 4 aromatic heterocycles. The summed E-state index contributed by atoms with van der Waals surface area (Å²) in [4.78, 5) is 18.5. The van der Waals surface area contributed by atoms with Gasteiger partial charge in [-0.3, -0.25) is 0 Å². The molecule has 0 fully saturated rings. The summed E-state index contributed by atoms with van der Waals surface area (Å²) in [5.41, 5.74) is 23.7. The van der Waals surface area contributed by atoms with E-state index in [2.05, 4.69) is 453 Å². The highest BCUT2D eigenvalue weighted by Gasteiger charge is 2.24. The molecule has 0 saturated heterocycles. The first kappa shape index (κ1) is 65.7. The van der Waals surface area contributed by atoms with Crippen LogP contribution in [-0.2, 0) is 0 Å². The minimum Gasteiger partial charge on any atom is -0.310 e. The molecule has 22 aromatic rings. The van der Waals surface area contributed by atoms with Crippen LogP contribution in [0.15, 0.2) is 425 Å². The van der Waals surface area contributed by atoms with Gasteiger partial charge in [0, 0.05) is 117 Å². The fourth-order valence-electron chi connectivity index (χ4n) is 17.4. The van der Waals surface area contributed by atoms with Crippen LogP contribution in [-0.4, -0.2) is 23.7 Å². The zero-order valence-corrected chi connectivity index (χ0v) is 62.0. The zero-order valence-electron chi connectivity index (χ0n) is 62.0. The molecule has 0 saturated carbocycles. The lowest BCUT2D eigenvalue weighted by molar-refractivity contribution is 1.15. The first-order valence-corrected chi connectivity index (χ1v) is 38.8. The van der Waals surface area contributed by atoms with E-state index in [-0.39, 0.29) is 0 Å². The first-order chi connectivity index (χ1) is 56.5. The topological polar surface area (TPSA) is 50.3 Å². The van der Waals surface area contributed by atoms with Crippen LogP contribution in [0.3, 0.4) is 0 Å². The molecule has 4 heterocycles. The monoisotopic (exact) mass is 1450 g/mol. The Kier molecular flexibility index (Phi) is 15.7. The lowest BCUT2D eigenvalue weighted by Gasteiger charge is -2.26. The van der Waals surface area contributed by atoms with Crippen LogP contribution < -0.4 is 14.7 Å². The molecular formula is C106H70N8. The molecule has 0 atom stereocenters. The van der Waals surface area contributed by atoms with Gasteiger partial charge in [0.05, 0.1) is 44.5 Å². The van der Waals surface area contributed by atoms with Crippen molar-refractivity contribution in [1.82, 2.24) is 23.7 Å². The summed E-state index contributed by atoms with van der Waals surface area (Å²) >= 11 is 0. The van der Waals surface area contributed by atoms with Crippen molar-refractivity contribution in [2.75, 3.05) is 14.7 Å². The van der Waals surface area contributed by atoms with Gasteiger partial charge in [0.15, 0.2) is 5.82 Å². The molecule has 18 aromatic carbocycles. The van der Waals surface area contributed by atoms with E-state index in [1.807, 2.05) is 0 Å². The fourth-order valence-corrected chi connectivity index (χ4v) is 17.4. The van der Waals surface area contributed by atoms with Crippen molar-refractivity contribution in [2.45, 2.75) is 0 Å². The van der Waals surface area contributed by atoms with Gasteiger partial charge in [0.25, 0.3) is 0 Å². The van der Waals surface area contributed by atoms with Gasteiger partial charge in [-0.2, -0.15) is 0 Å². The van der Waals surface area contributed by atoms with Crippen LogP contribution in [0.2, 0.25) is 0 Å². The minimum atomic E-state index is 0.606. The number of benzene rings is 18. The Balaban J connectivity index is 0.693. The summed E-state index contributed by atoms with van der Waals surface area (Å²) in [6, 6.07) is 154. The molecule has 534 valence electrons. The summed E-state index contributed by atoms with van der Waals surface area (Å²) in [7, 11) is 0. The van der Waals surface area contributed by atoms with Gasteiger partial charge in [-0.1, -0.05) is 237 Å². The van der Waals surface area contributed by atoms with Gasteiger partial charge < -0.3 is 28.4 Å². The number of anilines is 9. The molecule has 8 nitrogen and oxygen atoms in total. The van der Waals surface area contributed by atoms with Gasteiger partial charge >= 0.3 is 0 Å². The molecule has 0 unspecified atom stereocenters. The Labute approximate surface area is 658 Å². The summed E-state index contributed by atoms with van der Waals surface area (Å²) in [6.45, 7) is 0. The lowest BCUT2D eigenvalue weighted by atomic mass is 10.0. The number of rotatable bonds is 15. The Morgan fingerprint density at radius 1 is 0.167 bits per heavy atom. The molecule has 0 spiro atoms. The number of hydrogen-bond donors (Lipinski definition) is 0. The number of fused-ring (bicyclic) bond motifs is 12. The average Bonchev–Trinajstić information content (AvgIpc) is 1.58. The molecule has 8 heteroatoms. The van der Waals surface area contributed by atoms with E-state index in [9.17, 15) is 0 Å². The van der Waals surface area contributed by atoms with Gasteiger partial charge in [0.1, 0.15) is 0 Å². The molecule has 0 amide bonds. The second kappa shape index (κ2) is 27.3. The highest BCUT2D eigenvalue weighted by atomic mass is 15.2. The van der Waals surface area contributed by atoms with E-state index in [1.54, 1.807) is 0 Å². The van der Waals surface area contributed by atoms with Crippen LogP contribution in [0, 0.1) is 0 Å². The molecule has 22 rings (SSSR count). The van der Waals surface area contributed by atoms with E-state index in [1.165, 1.54) is 32.3 Å². The van der Waals surface area contributed by atoms with Crippen molar-refractivity contribution < 1.29 is 0 Å². The smallest absolute Gasteiger partial charge is 0.160 e. The Morgan fingerprint density at radius 3 is 0.789 bits per heavy atom. The van der Waals surface area contributed by atoms with E-state index in [4.69, 9.17) is 9.97 Å². The van der Waals surface area contributed by atoms with E-state index >= 15 is 0 Å². The van der Waals surface area contributed by atoms with Crippen LogP contribution in [0.1, 0.15) is 0 Å². The molecule has 0 N–H and O–H groups in total. The fraction of sp³-hybridized carbons (Fsp3) is 0. The summed E-state index contributed by atoms with van der Waals surface area (Å²) in [6.07, 6.45) is 0. The zero-order chi connectivity index (χ0) is 75.2. The van der Waals surface area contributed by atoms with Crippen LogP contribution in [0.4, 0.5) is 51.2 Å². The third-order valence-electron chi connectivity index (χ3n) is 22.6. The van der Waals surface area contributed by atoms with Crippen molar-refractivity contribution in [3.05, 3.63) is 425 Å². The maximum atomic E-state index is 5.69. The van der Waals surface area contributed by atoms with Gasteiger partial charge in [-0.15, -0.1) is 0 Å². The summed E-state index contributed by atoms with van der Waals surface area (Å²) < 4.78 is 7.21. The van der Waals surface area contributed by atoms with Crippen molar-refractivity contribution in [1.29, 1.82) is 0 Å². The minimum absolute atomic E-state index is 0.606. The Morgan fingerprint density at radius 2 is 0.439 bits per heavy atom. The third kappa shape index (κ3) is 11.4. The predicted molar refractivity (Wildman–Crippen MR) is 478 cm³/mol. The first-order valence-electron chi connectivity index (χ1n) is 38.8. The van der Waals surface area contributed by atoms with E-state index in [0.29, 0.717) is 5.82 Å². The highest BCUT2D eigenvalue weighted by Crippen LogP contribution is 2.46. The molecular weight excluding hydrogens is 1390 g/mol. The van der Waals surface area contributed by atoms with E-state index < -0.39 is 0 Å². The molecule has 0 aliphatic rings. The number of nitrogens with zero attached hydrogens (tertiary/aromatic N) is 8.